The third kappa shape index (κ3) is 3.81. The summed E-state index contributed by atoms with van der Waals surface area (Å²) in [7, 11) is 1.76. The maximum atomic E-state index is 5.56. The van der Waals surface area contributed by atoms with E-state index in [1.807, 2.05) is 0 Å². The first-order valence-electron chi connectivity index (χ1n) is 8.21. The second kappa shape index (κ2) is 7.64. The number of halogens is 1. The first kappa shape index (κ1) is 16.8. The highest BCUT2D eigenvalue weighted by Gasteiger charge is 2.39. The second-order valence-electron chi connectivity index (χ2n) is 6.19. The van der Waals surface area contributed by atoms with Gasteiger partial charge in [-0.3, -0.25) is 0 Å². The molecular weight excluding hydrogens is 326 g/mol. The molecule has 0 aromatic heterocycles. The molecule has 1 unspecified atom stereocenters. The van der Waals surface area contributed by atoms with Gasteiger partial charge in [-0.1, -0.05) is 42.6 Å². The van der Waals surface area contributed by atoms with Crippen LogP contribution >= 0.6 is 15.9 Å². The van der Waals surface area contributed by atoms with Gasteiger partial charge in [0.05, 0.1) is 7.11 Å². The average Bonchev–Trinajstić information content (AvgIpc) is 2.97. The van der Waals surface area contributed by atoms with Gasteiger partial charge >= 0.3 is 0 Å². The van der Waals surface area contributed by atoms with Crippen LogP contribution in [-0.2, 0) is 6.42 Å². The number of nitrogens with one attached hydrogen (secondary N) is 1. The monoisotopic (exact) mass is 353 g/mol. The van der Waals surface area contributed by atoms with E-state index in [-0.39, 0.29) is 0 Å². The van der Waals surface area contributed by atoms with Crippen molar-refractivity contribution in [1.29, 1.82) is 0 Å². The summed E-state index contributed by atoms with van der Waals surface area (Å²) in [6.07, 6.45) is 7.79. The fourth-order valence-corrected chi connectivity index (χ4v) is 4.31. The normalized spacial score (nSPS) is 18.7. The van der Waals surface area contributed by atoms with E-state index >= 15 is 0 Å². The molecule has 3 heteroatoms. The molecule has 0 amide bonds. The molecule has 0 radical (unpaired) electrons. The Bertz CT molecular complexity index is 455. The molecule has 1 saturated carbocycles. The lowest BCUT2D eigenvalue weighted by molar-refractivity contribution is 0.185. The largest absolute Gasteiger partial charge is 0.496 e. The summed E-state index contributed by atoms with van der Waals surface area (Å²) in [6, 6.07) is 6.87. The van der Waals surface area contributed by atoms with E-state index in [1.54, 1.807) is 7.11 Å². The third-order valence-electron chi connectivity index (χ3n) is 5.16. The van der Waals surface area contributed by atoms with Crippen LogP contribution in [-0.4, -0.2) is 19.7 Å². The summed E-state index contributed by atoms with van der Waals surface area (Å²) >= 11 is 3.59. The van der Waals surface area contributed by atoms with Crippen LogP contribution in [0.5, 0.6) is 5.75 Å². The van der Waals surface area contributed by atoms with E-state index in [9.17, 15) is 0 Å². The van der Waals surface area contributed by atoms with Gasteiger partial charge in [0.2, 0.25) is 0 Å². The standard InChI is InChI=1S/C18H28BrNO/c1-4-18(10-6-7-11-18)17(20-5-2)13-14-12-15(19)8-9-16(14)21-3/h8-9,12,17,20H,4-7,10-11,13H2,1-3H3. The SMILES string of the molecule is CCNC(Cc1cc(Br)ccc1OC)C1(CC)CCCC1. The van der Waals surface area contributed by atoms with Gasteiger partial charge in [0.1, 0.15) is 5.75 Å². The van der Waals surface area contributed by atoms with Gasteiger partial charge in [-0.15, -0.1) is 0 Å². The summed E-state index contributed by atoms with van der Waals surface area (Å²) in [6.45, 7) is 5.60. The van der Waals surface area contributed by atoms with E-state index in [0.29, 0.717) is 11.5 Å². The van der Waals surface area contributed by atoms with Gasteiger partial charge in [-0.05, 0) is 61.4 Å². The van der Waals surface area contributed by atoms with Crippen LogP contribution in [0.25, 0.3) is 0 Å². The molecule has 1 aliphatic carbocycles. The fraction of sp³-hybridized carbons (Fsp3) is 0.667. The maximum absolute atomic E-state index is 5.56. The lowest BCUT2D eigenvalue weighted by atomic mass is 9.74. The number of rotatable bonds is 7. The first-order chi connectivity index (χ1) is 10.1. The second-order valence-corrected chi connectivity index (χ2v) is 7.11. The molecule has 2 rings (SSSR count). The Morgan fingerprint density at radius 1 is 1.29 bits per heavy atom. The van der Waals surface area contributed by atoms with Crippen molar-refractivity contribution in [2.45, 2.75) is 58.4 Å². The molecule has 21 heavy (non-hydrogen) atoms. The number of methoxy groups -OCH3 is 1. The van der Waals surface area contributed by atoms with Crippen molar-refractivity contribution in [1.82, 2.24) is 5.32 Å². The highest BCUT2D eigenvalue weighted by atomic mass is 79.9. The minimum atomic E-state index is 0.462. The minimum Gasteiger partial charge on any atom is -0.496 e. The van der Waals surface area contributed by atoms with E-state index in [4.69, 9.17) is 4.74 Å². The Morgan fingerprint density at radius 2 is 2.00 bits per heavy atom. The Morgan fingerprint density at radius 3 is 2.57 bits per heavy atom. The van der Waals surface area contributed by atoms with Crippen LogP contribution in [0.3, 0.4) is 0 Å². The van der Waals surface area contributed by atoms with Crippen LogP contribution < -0.4 is 10.1 Å². The summed E-state index contributed by atoms with van der Waals surface area (Å²) in [4.78, 5) is 0. The molecule has 1 aromatic carbocycles. The van der Waals surface area contributed by atoms with E-state index in [0.717, 1.165) is 23.2 Å². The Kier molecular flexibility index (Phi) is 6.12. The van der Waals surface area contributed by atoms with Crippen molar-refractivity contribution in [2.24, 2.45) is 5.41 Å². The Hall–Kier alpha value is -0.540. The molecule has 118 valence electrons. The fourth-order valence-electron chi connectivity index (χ4n) is 3.91. The summed E-state index contributed by atoms with van der Waals surface area (Å²) in [5.41, 5.74) is 1.76. The molecule has 1 aromatic rings. The first-order valence-corrected chi connectivity index (χ1v) is 9.00. The van der Waals surface area contributed by atoms with Crippen molar-refractivity contribution in [2.75, 3.05) is 13.7 Å². The van der Waals surface area contributed by atoms with Crippen LogP contribution in [0.15, 0.2) is 22.7 Å². The van der Waals surface area contributed by atoms with Crippen molar-refractivity contribution in [3.63, 3.8) is 0 Å². The van der Waals surface area contributed by atoms with Gasteiger partial charge in [0.25, 0.3) is 0 Å². The Labute approximate surface area is 137 Å². The summed E-state index contributed by atoms with van der Waals surface area (Å²) in [5.74, 6) is 1.00. The van der Waals surface area contributed by atoms with Gasteiger partial charge in [0.15, 0.2) is 0 Å². The molecular formula is C18H28BrNO. The molecule has 2 nitrogen and oxygen atoms in total. The number of hydrogen-bond acceptors (Lipinski definition) is 2. The van der Waals surface area contributed by atoms with E-state index in [2.05, 4.69) is 53.3 Å². The highest BCUT2D eigenvalue weighted by molar-refractivity contribution is 9.10. The van der Waals surface area contributed by atoms with Crippen LogP contribution in [0.4, 0.5) is 0 Å². The topological polar surface area (TPSA) is 21.3 Å². The third-order valence-corrected chi connectivity index (χ3v) is 5.65. The van der Waals surface area contributed by atoms with E-state index in [1.165, 1.54) is 37.7 Å². The lowest BCUT2D eigenvalue weighted by Gasteiger charge is -2.38. The summed E-state index contributed by atoms with van der Waals surface area (Å²) in [5, 5.41) is 3.76. The number of hydrogen-bond donors (Lipinski definition) is 1. The average molecular weight is 354 g/mol. The molecule has 0 spiro atoms. The van der Waals surface area contributed by atoms with E-state index < -0.39 is 0 Å². The molecule has 0 aliphatic heterocycles. The molecule has 0 saturated heterocycles. The quantitative estimate of drug-likeness (QED) is 0.748. The molecule has 1 atom stereocenters. The smallest absolute Gasteiger partial charge is 0.122 e. The highest BCUT2D eigenvalue weighted by Crippen LogP contribution is 2.45. The molecule has 1 aliphatic rings. The number of likely N-dealkylation sites (N-methyl/N-ethyl adjacent to an activating group) is 1. The summed E-state index contributed by atoms with van der Waals surface area (Å²) < 4.78 is 6.69. The van der Waals surface area contributed by atoms with Gasteiger partial charge in [0, 0.05) is 10.5 Å². The maximum Gasteiger partial charge on any atom is 0.122 e. The van der Waals surface area contributed by atoms with Crippen molar-refractivity contribution in [3.05, 3.63) is 28.2 Å². The molecule has 0 heterocycles. The predicted molar refractivity (Wildman–Crippen MR) is 93.1 cm³/mol. The van der Waals surface area contributed by atoms with Gasteiger partial charge < -0.3 is 10.1 Å². The predicted octanol–water partition coefficient (Wildman–Crippen LogP) is 4.95. The minimum absolute atomic E-state index is 0.462. The van der Waals surface area contributed by atoms with Crippen molar-refractivity contribution >= 4 is 15.9 Å². The zero-order chi connectivity index (χ0) is 15.3. The van der Waals surface area contributed by atoms with Crippen LogP contribution in [0.1, 0.15) is 51.5 Å². The van der Waals surface area contributed by atoms with Crippen molar-refractivity contribution in [3.8, 4) is 5.75 Å². The Balaban J connectivity index is 2.25. The molecule has 0 bridgehead atoms. The number of benzene rings is 1. The van der Waals surface area contributed by atoms with Crippen LogP contribution in [0.2, 0.25) is 0 Å². The molecule has 1 N–H and O–H groups in total. The van der Waals surface area contributed by atoms with Crippen LogP contribution in [0, 0.1) is 5.41 Å². The van der Waals surface area contributed by atoms with Gasteiger partial charge in [-0.2, -0.15) is 0 Å². The van der Waals surface area contributed by atoms with Crippen molar-refractivity contribution < 1.29 is 4.74 Å². The molecule has 1 fully saturated rings. The van der Waals surface area contributed by atoms with Gasteiger partial charge in [-0.25, -0.2) is 0 Å². The lowest BCUT2D eigenvalue weighted by Crippen LogP contribution is -2.45. The number of ether oxygens (including phenoxy) is 1. The zero-order valence-corrected chi connectivity index (χ0v) is 15.1. The zero-order valence-electron chi connectivity index (χ0n) is 13.5.